The summed E-state index contributed by atoms with van der Waals surface area (Å²) in [6.45, 7) is 0. The number of sulfonamides is 1. The van der Waals surface area contributed by atoms with Gasteiger partial charge in [0.2, 0.25) is 5.91 Å². The van der Waals surface area contributed by atoms with Crippen molar-refractivity contribution in [2.45, 2.75) is 4.90 Å². The molecule has 0 spiro atoms. The summed E-state index contributed by atoms with van der Waals surface area (Å²) in [5, 5.41) is 2.70. The van der Waals surface area contributed by atoms with E-state index in [0.717, 1.165) is 10.0 Å². The van der Waals surface area contributed by atoms with Crippen molar-refractivity contribution in [2.24, 2.45) is 0 Å². The van der Waals surface area contributed by atoms with E-state index in [1.165, 1.54) is 18.2 Å². The fourth-order valence-corrected chi connectivity index (χ4v) is 3.87. The largest absolute Gasteiger partial charge is 0.323 e. The SMILES string of the molecule is O=C(C=Cc1ccccc1Br)Nc1ccc(S(=O)(=O)Nc2ccccc2)cc1. The Labute approximate surface area is 172 Å². The first-order valence-electron chi connectivity index (χ1n) is 8.35. The van der Waals surface area contributed by atoms with Crippen LogP contribution in [0, 0.1) is 0 Å². The predicted molar refractivity (Wildman–Crippen MR) is 115 cm³/mol. The molecule has 0 aliphatic rings. The number of carbonyl (C=O) groups is 1. The van der Waals surface area contributed by atoms with Crippen molar-refractivity contribution in [3.63, 3.8) is 0 Å². The summed E-state index contributed by atoms with van der Waals surface area (Å²) in [7, 11) is -3.69. The summed E-state index contributed by atoms with van der Waals surface area (Å²) in [5.74, 6) is -0.311. The smallest absolute Gasteiger partial charge is 0.261 e. The van der Waals surface area contributed by atoms with Gasteiger partial charge in [0, 0.05) is 21.9 Å². The van der Waals surface area contributed by atoms with E-state index in [-0.39, 0.29) is 10.8 Å². The monoisotopic (exact) mass is 456 g/mol. The van der Waals surface area contributed by atoms with Crippen LogP contribution in [0.3, 0.4) is 0 Å². The van der Waals surface area contributed by atoms with Crippen molar-refractivity contribution in [1.29, 1.82) is 0 Å². The Morgan fingerprint density at radius 1 is 0.821 bits per heavy atom. The van der Waals surface area contributed by atoms with E-state index in [4.69, 9.17) is 0 Å². The maximum atomic E-state index is 12.4. The van der Waals surface area contributed by atoms with Crippen molar-refractivity contribution in [3.8, 4) is 0 Å². The molecule has 0 radical (unpaired) electrons. The third kappa shape index (κ3) is 5.31. The number of hydrogen-bond acceptors (Lipinski definition) is 3. The van der Waals surface area contributed by atoms with Crippen LogP contribution in [0.15, 0.2) is 94.3 Å². The Balaban J connectivity index is 1.65. The van der Waals surface area contributed by atoms with Crippen molar-refractivity contribution < 1.29 is 13.2 Å². The lowest BCUT2D eigenvalue weighted by Gasteiger charge is -2.09. The van der Waals surface area contributed by atoms with Crippen molar-refractivity contribution >= 4 is 49.3 Å². The fourth-order valence-electron chi connectivity index (χ4n) is 2.40. The first-order valence-corrected chi connectivity index (χ1v) is 10.6. The van der Waals surface area contributed by atoms with Crippen molar-refractivity contribution in [2.75, 3.05) is 10.0 Å². The molecule has 7 heteroatoms. The normalized spacial score (nSPS) is 11.3. The summed E-state index contributed by atoms with van der Waals surface area (Å²) < 4.78 is 28.2. The minimum Gasteiger partial charge on any atom is -0.323 e. The molecular formula is C21H17BrN2O3S. The molecule has 0 bridgehead atoms. The minimum atomic E-state index is -3.69. The molecule has 142 valence electrons. The molecule has 3 rings (SSSR count). The number of rotatable bonds is 6. The zero-order chi connectivity index (χ0) is 20.0. The van der Waals surface area contributed by atoms with E-state index in [9.17, 15) is 13.2 Å². The maximum absolute atomic E-state index is 12.4. The molecule has 0 heterocycles. The van der Waals surface area contributed by atoms with Crippen LogP contribution < -0.4 is 10.0 Å². The molecule has 3 aromatic carbocycles. The third-order valence-corrected chi connectivity index (χ3v) is 5.90. The number of carbonyl (C=O) groups excluding carboxylic acids is 1. The minimum absolute atomic E-state index is 0.109. The van der Waals surface area contributed by atoms with Gasteiger partial charge < -0.3 is 5.32 Å². The molecule has 0 aliphatic heterocycles. The van der Waals surface area contributed by atoms with E-state index in [1.54, 1.807) is 48.5 Å². The summed E-state index contributed by atoms with van der Waals surface area (Å²) >= 11 is 3.42. The maximum Gasteiger partial charge on any atom is 0.261 e. The van der Waals surface area contributed by atoms with Gasteiger partial charge in [0.15, 0.2) is 0 Å². The molecule has 0 aromatic heterocycles. The lowest BCUT2D eigenvalue weighted by molar-refractivity contribution is -0.111. The average molecular weight is 457 g/mol. The van der Waals surface area contributed by atoms with Gasteiger partial charge in [0.05, 0.1) is 4.90 Å². The van der Waals surface area contributed by atoms with Gasteiger partial charge in [0.25, 0.3) is 10.0 Å². The predicted octanol–water partition coefficient (Wildman–Crippen LogP) is 4.90. The van der Waals surface area contributed by atoms with Crippen LogP contribution in [-0.4, -0.2) is 14.3 Å². The van der Waals surface area contributed by atoms with Gasteiger partial charge in [-0.15, -0.1) is 0 Å². The van der Waals surface area contributed by atoms with Gasteiger partial charge in [-0.2, -0.15) is 0 Å². The highest BCUT2D eigenvalue weighted by atomic mass is 79.9. The first kappa shape index (κ1) is 19.9. The van der Waals surface area contributed by atoms with Crippen LogP contribution in [0.4, 0.5) is 11.4 Å². The second-order valence-corrected chi connectivity index (χ2v) is 8.38. The molecule has 0 atom stereocenters. The molecule has 0 aliphatic carbocycles. The van der Waals surface area contributed by atoms with E-state index in [1.807, 2.05) is 24.3 Å². The molecule has 2 N–H and O–H groups in total. The molecule has 0 unspecified atom stereocenters. The van der Waals surface area contributed by atoms with Gasteiger partial charge in [0.1, 0.15) is 0 Å². The van der Waals surface area contributed by atoms with E-state index >= 15 is 0 Å². The Hall–Kier alpha value is -2.90. The highest BCUT2D eigenvalue weighted by molar-refractivity contribution is 9.10. The fraction of sp³-hybridized carbons (Fsp3) is 0. The zero-order valence-electron chi connectivity index (χ0n) is 14.7. The standard InChI is InChI=1S/C21H17BrN2O3S/c22-20-9-5-4-6-16(20)10-15-21(25)23-17-11-13-19(14-12-17)28(26,27)24-18-7-2-1-3-8-18/h1-15,24H,(H,23,25). The lowest BCUT2D eigenvalue weighted by atomic mass is 10.2. The number of para-hydroxylation sites is 1. The van der Waals surface area contributed by atoms with Crippen LogP contribution in [0.25, 0.3) is 6.08 Å². The molecule has 0 fully saturated rings. The van der Waals surface area contributed by atoms with Crippen LogP contribution in [-0.2, 0) is 14.8 Å². The van der Waals surface area contributed by atoms with Gasteiger partial charge in [-0.3, -0.25) is 9.52 Å². The van der Waals surface area contributed by atoms with Gasteiger partial charge in [-0.05, 0) is 54.1 Å². The summed E-state index contributed by atoms with van der Waals surface area (Å²) in [6.07, 6.45) is 3.11. The Morgan fingerprint density at radius 3 is 2.14 bits per heavy atom. The van der Waals surface area contributed by atoms with Gasteiger partial charge in [-0.1, -0.05) is 52.3 Å². The molecule has 1 amide bonds. The average Bonchev–Trinajstić information content (AvgIpc) is 2.68. The van der Waals surface area contributed by atoms with E-state index in [0.29, 0.717) is 11.4 Å². The second-order valence-electron chi connectivity index (χ2n) is 5.84. The lowest BCUT2D eigenvalue weighted by Crippen LogP contribution is -2.13. The van der Waals surface area contributed by atoms with E-state index in [2.05, 4.69) is 26.0 Å². The molecule has 0 saturated heterocycles. The summed E-state index contributed by atoms with van der Waals surface area (Å²) in [6, 6.07) is 22.2. The highest BCUT2D eigenvalue weighted by Gasteiger charge is 2.14. The Kier molecular flexibility index (Phi) is 6.28. The van der Waals surface area contributed by atoms with Gasteiger partial charge >= 0.3 is 0 Å². The number of halogens is 1. The number of anilines is 2. The molecule has 3 aromatic rings. The highest BCUT2D eigenvalue weighted by Crippen LogP contribution is 2.19. The number of nitrogens with one attached hydrogen (secondary N) is 2. The second kappa shape index (κ2) is 8.86. The first-order chi connectivity index (χ1) is 13.4. The van der Waals surface area contributed by atoms with Crippen LogP contribution in [0.5, 0.6) is 0 Å². The number of benzene rings is 3. The Bertz CT molecular complexity index is 1100. The third-order valence-electron chi connectivity index (χ3n) is 3.78. The van der Waals surface area contributed by atoms with E-state index < -0.39 is 10.0 Å². The van der Waals surface area contributed by atoms with Crippen molar-refractivity contribution in [1.82, 2.24) is 0 Å². The molecule has 0 saturated carbocycles. The molecule has 5 nitrogen and oxygen atoms in total. The van der Waals surface area contributed by atoms with Crippen molar-refractivity contribution in [3.05, 3.63) is 95.0 Å². The summed E-state index contributed by atoms with van der Waals surface area (Å²) in [4.78, 5) is 12.2. The van der Waals surface area contributed by atoms with Gasteiger partial charge in [-0.25, -0.2) is 8.42 Å². The van der Waals surface area contributed by atoms with Crippen LogP contribution in [0.1, 0.15) is 5.56 Å². The zero-order valence-corrected chi connectivity index (χ0v) is 17.1. The quantitative estimate of drug-likeness (QED) is 0.517. The molecular weight excluding hydrogens is 440 g/mol. The number of hydrogen-bond donors (Lipinski definition) is 2. The summed E-state index contributed by atoms with van der Waals surface area (Å²) in [5.41, 5.74) is 1.86. The van der Waals surface area contributed by atoms with Crippen LogP contribution in [0.2, 0.25) is 0 Å². The van der Waals surface area contributed by atoms with Crippen LogP contribution >= 0.6 is 15.9 Å². The topological polar surface area (TPSA) is 75.3 Å². The Morgan fingerprint density at radius 2 is 1.46 bits per heavy atom. The molecule has 28 heavy (non-hydrogen) atoms. The number of amides is 1.